The van der Waals surface area contributed by atoms with Crippen molar-refractivity contribution in [3.05, 3.63) is 35.9 Å². The van der Waals surface area contributed by atoms with Crippen LogP contribution >= 0.6 is 0 Å². The van der Waals surface area contributed by atoms with E-state index in [4.69, 9.17) is 5.73 Å². The zero-order valence-corrected chi connectivity index (χ0v) is 11.7. The molecule has 1 aliphatic rings. The van der Waals surface area contributed by atoms with Crippen LogP contribution in [-0.4, -0.2) is 24.0 Å². The van der Waals surface area contributed by atoms with Gasteiger partial charge in [-0.2, -0.15) is 0 Å². The first-order chi connectivity index (χ1) is 8.66. The summed E-state index contributed by atoms with van der Waals surface area (Å²) in [7, 11) is 0. The lowest BCUT2D eigenvalue weighted by atomic mass is 10.0. The molecule has 1 aromatic carbocycles. The minimum Gasteiger partial charge on any atom is -0.324 e. The Kier molecular flexibility index (Phi) is 4.79. The standard InChI is InChI=1S/C16H26N2/c1-13(2)12-18(15-8-9-15)11-10-16(17)14-6-4-3-5-7-14/h3-7,13,15-16H,8-12,17H2,1-2H3. The molecule has 1 fully saturated rings. The topological polar surface area (TPSA) is 29.3 Å². The van der Waals surface area contributed by atoms with E-state index in [1.165, 1.54) is 24.9 Å². The van der Waals surface area contributed by atoms with Gasteiger partial charge in [0.1, 0.15) is 0 Å². The maximum absolute atomic E-state index is 6.27. The van der Waals surface area contributed by atoms with E-state index in [9.17, 15) is 0 Å². The van der Waals surface area contributed by atoms with E-state index in [0.717, 1.165) is 24.9 Å². The van der Waals surface area contributed by atoms with Crippen LogP contribution in [0, 0.1) is 5.92 Å². The Bertz CT molecular complexity index is 343. The first kappa shape index (κ1) is 13.6. The number of nitrogens with two attached hydrogens (primary N) is 1. The molecule has 0 amide bonds. The molecule has 0 aromatic heterocycles. The number of hydrogen-bond donors (Lipinski definition) is 1. The molecule has 0 aliphatic heterocycles. The van der Waals surface area contributed by atoms with Crippen LogP contribution in [0.2, 0.25) is 0 Å². The van der Waals surface area contributed by atoms with Gasteiger partial charge >= 0.3 is 0 Å². The van der Waals surface area contributed by atoms with Crippen molar-refractivity contribution in [3.63, 3.8) is 0 Å². The second-order valence-corrected chi connectivity index (χ2v) is 5.93. The fourth-order valence-electron chi connectivity index (χ4n) is 2.50. The Morgan fingerprint density at radius 1 is 1.22 bits per heavy atom. The lowest BCUT2D eigenvalue weighted by molar-refractivity contribution is 0.226. The highest BCUT2D eigenvalue weighted by atomic mass is 15.2. The van der Waals surface area contributed by atoms with Gasteiger partial charge in [-0.3, -0.25) is 0 Å². The summed E-state index contributed by atoms with van der Waals surface area (Å²) < 4.78 is 0. The maximum Gasteiger partial charge on any atom is 0.0307 e. The van der Waals surface area contributed by atoms with Gasteiger partial charge in [-0.25, -0.2) is 0 Å². The summed E-state index contributed by atoms with van der Waals surface area (Å²) in [6.07, 6.45) is 3.83. The van der Waals surface area contributed by atoms with Gasteiger partial charge in [0.05, 0.1) is 0 Å². The molecular weight excluding hydrogens is 220 g/mol. The molecule has 1 saturated carbocycles. The molecule has 100 valence electrons. The highest BCUT2D eigenvalue weighted by Gasteiger charge is 2.29. The number of nitrogens with zero attached hydrogens (tertiary/aromatic N) is 1. The van der Waals surface area contributed by atoms with Crippen molar-refractivity contribution < 1.29 is 0 Å². The minimum absolute atomic E-state index is 0.180. The zero-order valence-electron chi connectivity index (χ0n) is 11.7. The van der Waals surface area contributed by atoms with E-state index in [1.54, 1.807) is 0 Å². The van der Waals surface area contributed by atoms with E-state index >= 15 is 0 Å². The summed E-state index contributed by atoms with van der Waals surface area (Å²) in [6, 6.07) is 11.5. The predicted octanol–water partition coefficient (Wildman–Crippen LogP) is 3.20. The maximum atomic E-state index is 6.27. The molecular formula is C16H26N2. The van der Waals surface area contributed by atoms with Crippen LogP contribution in [0.1, 0.15) is 44.7 Å². The molecule has 0 heterocycles. The van der Waals surface area contributed by atoms with Gasteiger partial charge in [-0.1, -0.05) is 44.2 Å². The molecule has 2 N–H and O–H groups in total. The van der Waals surface area contributed by atoms with Crippen LogP contribution in [0.5, 0.6) is 0 Å². The van der Waals surface area contributed by atoms with Crippen LogP contribution in [0.3, 0.4) is 0 Å². The second-order valence-electron chi connectivity index (χ2n) is 5.93. The predicted molar refractivity (Wildman–Crippen MR) is 77.4 cm³/mol. The molecule has 18 heavy (non-hydrogen) atoms. The summed E-state index contributed by atoms with van der Waals surface area (Å²) in [4.78, 5) is 2.63. The van der Waals surface area contributed by atoms with Gasteiger partial charge in [-0.05, 0) is 30.7 Å². The van der Waals surface area contributed by atoms with Gasteiger partial charge < -0.3 is 10.6 Å². The van der Waals surface area contributed by atoms with Crippen molar-refractivity contribution in [1.82, 2.24) is 4.90 Å². The fraction of sp³-hybridized carbons (Fsp3) is 0.625. The zero-order chi connectivity index (χ0) is 13.0. The summed E-state index contributed by atoms with van der Waals surface area (Å²) in [5, 5.41) is 0. The molecule has 0 spiro atoms. The quantitative estimate of drug-likeness (QED) is 0.800. The summed E-state index contributed by atoms with van der Waals surface area (Å²) >= 11 is 0. The van der Waals surface area contributed by atoms with Gasteiger partial charge in [0.2, 0.25) is 0 Å². The lowest BCUT2D eigenvalue weighted by Gasteiger charge is -2.25. The third-order valence-electron chi connectivity index (χ3n) is 3.62. The van der Waals surface area contributed by atoms with Gasteiger partial charge in [0, 0.05) is 25.2 Å². The van der Waals surface area contributed by atoms with E-state index < -0.39 is 0 Å². The second kappa shape index (κ2) is 6.35. The molecule has 2 nitrogen and oxygen atoms in total. The van der Waals surface area contributed by atoms with Gasteiger partial charge in [0.25, 0.3) is 0 Å². The van der Waals surface area contributed by atoms with Crippen molar-refractivity contribution in [1.29, 1.82) is 0 Å². The minimum atomic E-state index is 0.180. The third kappa shape index (κ3) is 4.11. The van der Waals surface area contributed by atoms with Gasteiger partial charge in [-0.15, -0.1) is 0 Å². The fourth-order valence-corrected chi connectivity index (χ4v) is 2.50. The van der Waals surface area contributed by atoms with Crippen molar-refractivity contribution in [2.75, 3.05) is 13.1 Å². The molecule has 1 unspecified atom stereocenters. The Morgan fingerprint density at radius 3 is 2.44 bits per heavy atom. The van der Waals surface area contributed by atoms with Crippen LogP contribution in [0.15, 0.2) is 30.3 Å². The van der Waals surface area contributed by atoms with Crippen LogP contribution in [0.4, 0.5) is 0 Å². The molecule has 1 atom stereocenters. The number of hydrogen-bond acceptors (Lipinski definition) is 2. The van der Waals surface area contributed by atoms with Crippen molar-refractivity contribution >= 4 is 0 Å². The van der Waals surface area contributed by atoms with E-state index in [-0.39, 0.29) is 6.04 Å². The number of rotatable bonds is 7. The van der Waals surface area contributed by atoms with Crippen molar-refractivity contribution in [2.45, 2.75) is 45.2 Å². The lowest BCUT2D eigenvalue weighted by Crippen LogP contribution is -2.32. The highest BCUT2D eigenvalue weighted by Crippen LogP contribution is 2.28. The Labute approximate surface area is 111 Å². The molecule has 2 rings (SSSR count). The Balaban J connectivity index is 1.82. The summed E-state index contributed by atoms with van der Waals surface area (Å²) in [5.41, 5.74) is 7.53. The first-order valence-electron chi connectivity index (χ1n) is 7.21. The molecule has 0 bridgehead atoms. The monoisotopic (exact) mass is 246 g/mol. The Morgan fingerprint density at radius 2 is 1.89 bits per heavy atom. The number of benzene rings is 1. The highest BCUT2D eigenvalue weighted by molar-refractivity contribution is 5.18. The third-order valence-corrected chi connectivity index (χ3v) is 3.62. The van der Waals surface area contributed by atoms with Crippen LogP contribution in [-0.2, 0) is 0 Å². The van der Waals surface area contributed by atoms with Crippen LogP contribution in [0.25, 0.3) is 0 Å². The summed E-state index contributed by atoms with van der Waals surface area (Å²) in [6.45, 7) is 6.95. The molecule has 0 radical (unpaired) electrons. The molecule has 1 aromatic rings. The van der Waals surface area contributed by atoms with E-state index in [2.05, 4.69) is 43.0 Å². The largest absolute Gasteiger partial charge is 0.324 e. The molecule has 2 heteroatoms. The summed E-state index contributed by atoms with van der Waals surface area (Å²) in [5.74, 6) is 0.749. The molecule has 1 aliphatic carbocycles. The SMILES string of the molecule is CC(C)CN(CCC(N)c1ccccc1)C1CC1. The van der Waals surface area contributed by atoms with Crippen molar-refractivity contribution in [2.24, 2.45) is 11.7 Å². The smallest absolute Gasteiger partial charge is 0.0307 e. The molecule has 0 saturated heterocycles. The van der Waals surface area contributed by atoms with E-state index in [1.807, 2.05) is 6.07 Å². The average molecular weight is 246 g/mol. The normalized spacial score (nSPS) is 17.4. The average Bonchev–Trinajstić information content (AvgIpc) is 3.19. The Hall–Kier alpha value is -0.860. The van der Waals surface area contributed by atoms with Crippen molar-refractivity contribution in [3.8, 4) is 0 Å². The van der Waals surface area contributed by atoms with Gasteiger partial charge in [0.15, 0.2) is 0 Å². The van der Waals surface area contributed by atoms with E-state index in [0.29, 0.717) is 0 Å². The van der Waals surface area contributed by atoms with Crippen LogP contribution < -0.4 is 5.73 Å². The first-order valence-corrected chi connectivity index (χ1v) is 7.21.